The third-order valence-corrected chi connectivity index (χ3v) is 5.40. The van der Waals surface area contributed by atoms with Gasteiger partial charge in [0.25, 0.3) is 11.8 Å². The molecule has 0 saturated heterocycles. The van der Waals surface area contributed by atoms with Gasteiger partial charge in [0.15, 0.2) is 0 Å². The number of aryl methyl sites for hydroxylation is 1. The summed E-state index contributed by atoms with van der Waals surface area (Å²) >= 11 is 0. The Morgan fingerprint density at radius 3 is 2.25 bits per heavy atom. The van der Waals surface area contributed by atoms with Crippen molar-refractivity contribution in [3.63, 3.8) is 0 Å². The number of benzene rings is 2. The molecule has 1 unspecified atom stereocenters. The number of rotatable bonds is 5. The van der Waals surface area contributed by atoms with Crippen LogP contribution in [0.1, 0.15) is 66.4 Å². The molecule has 1 fully saturated rings. The van der Waals surface area contributed by atoms with Gasteiger partial charge in [-0.2, -0.15) is 0 Å². The lowest BCUT2D eigenvalue weighted by Gasteiger charge is -2.24. The van der Waals surface area contributed by atoms with Crippen molar-refractivity contribution >= 4 is 17.5 Å². The Hall–Kier alpha value is -2.75. The summed E-state index contributed by atoms with van der Waals surface area (Å²) in [6, 6.07) is 17.1. The lowest BCUT2D eigenvalue weighted by molar-refractivity contribution is -0.115. The van der Waals surface area contributed by atoms with Gasteiger partial charge in [-0.3, -0.25) is 9.59 Å². The van der Waals surface area contributed by atoms with E-state index in [0.29, 0.717) is 5.56 Å². The second-order valence-corrected chi connectivity index (χ2v) is 7.61. The van der Waals surface area contributed by atoms with E-state index in [9.17, 15) is 9.59 Å². The Kier molecular flexibility index (Phi) is 6.75. The summed E-state index contributed by atoms with van der Waals surface area (Å²) in [6.07, 6.45) is 5.47. The monoisotopic (exact) mass is 376 g/mol. The Balaban J connectivity index is 1.88. The van der Waals surface area contributed by atoms with E-state index >= 15 is 0 Å². The molecule has 2 aromatic carbocycles. The van der Waals surface area contributed by atoms with E-state index in [4.69, 9.17) is 0 Å². The van der Waals surface area contributed by atoms with Gasteiger partial charge in [0.2, 0.25) is 0 Å². The van der Waals surface area contributed by atoms with E-state index in [1.807, 2.05) is 44.2 Å². The molecule has 0 aliphatic heterocycles. The number of nitrogens with zero attached hydrogens (tertiary/aromatic N) is 1. The van der Waals surface area contributed by atoms with Gasteiger partial charge in [-0.1, -0.05) is 74.2 Å². The molecule has 2 amide bonds. The van der Waals surface area contributed by atoms with Crippen LogP contribution in [0, 0.1) is 6.92 Å². The van der Waals surface area contributed by atoms with Crippen LogP contribution in [0.3, 0.4) is 0 Å². The molecule has 4 nitrogen and oxygen atoms in total. The topological polar surface area (TPSA) is 58.5 Å². The van der Waals surface area contributed by atoms with Crippen LogP contribution < -0.4 is 5.32 Å². The maximum absolute atomic E-state index is 13.1. The lowest BCUT2D eigenvalue weighted by atomic mass is 9.92. The highest BCUT2D eigenvalue weighted by molar-refractivity contribution is 6.42. The summed E-state index contributed by atoms with van der Waals surface area (Å²) in [5, 5.41) is 3.12. The Bertz CT molecular complexity index is 835. The van der Waals surface area contributed by atoms with Crippen LogP contribution in [0.4, 0.5) is 0 Å². The van der Waals surface area contributed by atoms with Crippen LogP contribution in [0.5, 0.6) is 0 Å². The third-order valence-electron chi connectivity index (χ3n) is 5.40. The highest BCUT2D eigenvalue weighted by atomic mass is 16.2. The van der Waals surface area contributed by atoms with Crippen LogP contribution >= 0.6 is 0 Å². The minimum Gasteiger partial charge on any atom is -0.348 e. The van der Waals surface area contributed by atoms with E-state index < -0.39 is 0 Å². The summed E-state index contributed by atoms with van der Waals surface area (Å²) < 4.78 is 0. The molecule has 1 aliphatic rings. The fourth-order valence-electron chi connectivity index (χ4n) is 3.62. The predicted molar refractivity (Wildman–Crippen MR) is 113 cm³/mol. The molecule has 0 aromatic heterocycles. The molecule has 2 aromatic rings. The minimum atomic E-state index is -0.381. The van der Waals surface area contributed by atoms with E-state index in [2.05, 4.69) is 10.3 Å². The number of hydrogen-bond acceptors (Lipinski definition) is 2. The van der Waals surface area contributed by atoms with Crippen molar-refractivity contribution in [3.05, 3.63) is 71.3 Å². The number of amides is 2. The summed E-state index contributed by atoms with van der Waals surface area (Å²) in [5.74, 6) is -0.880. The number of aliphatic imine (C=N–C) groups is 1. The second kappa shape index (κ2) is 9.45. The zero-order valence-corrected chi connectivity index (χ0v) is 16.7. The molecule has 1 N–H and O–H groups in total. The second-order valence-electron chi connectivity index (χ2n) is 7.61. The van der Waals surface area contributed by atoms with Crippen molar-refractivity contribution in [2.24, 2.45) is 4.99 Å². The summed E-state index contributed by atoms with van der Waals surface area (Å²) in [7, 11) is 0. The third kappa shape index (κ3) is 5.16. The Morgan fingerprint density at radius 2 is 1.61 bits per heavy atom. The molecule has 1 saturated carbocycles. The molecule has 0 radical (unpaired) electrons. The zero-order valence-electron chi connectivity index (χ0n) is 16.7. The van der Waals surface area contributed by atoms with Gasteiger partial charge in [0.1, 0.15) is 5.71 Å². The van der Waals surface area contributed by atoms with Gasteiger partial charge in [-0.25, -0.2) is 4.99 Å². The van der Waals surface area contributed by atoms with Crippen LogP contribution in [-0.4, -0.2) is 23.6 Å². The normalized spacial score (nSPS) is 16.4. The van der Waals surface area contributed by atoms with E-state index in [-0.39, 0.29) is 29.5 Å². The standard InChI is InChI=1S/C24H28N2O2/c1-17-13-15-19(16-14-17)18(2)22(24(28)25-21-11-7-4-8-12-21)26-23(27)20-9-5-3-6-10-20/h3,5-6,9-10,13-16,18,21H,4,7-8,11-12H2,1-2H3,(H,25,28). The first kappa shape index (κ1) is 20.0. The largest absolute Gasteiger partial charge is 0.348 e. The van der Waals surface area contributed by atoms with Crippen molar-refractivity contribution in [1.29, 1.82) is 0 Å². The van der Waals surface area contributed by atoms with Crippen LogP contribution in [0.15, 0.2) is 59.6 Å². The molecule has 4 heteroatoms. The molecule has 0 spiro atoms. The Labute approximate surface area is 167 Å². The van der Waals surface area contributed by atoms with E-state index in [1.54, 1.807) is 24.3 Å². The van der Waals surface area contributed by atoms with E-state index in [0.717, 1.165) is 36.8 Å². The molecule has 0 bridgehead atoms. The maximum atomic E-state index is 13.1. The van der Waals surface area contributed by atoms with Crippen molar-refractivity contribution in [2.45, 2.75) is 57.9 Å². The molecule has 0 heterocycles. The number of carbonyl (C=O) groups is 2. The molecule has 3 rings (SSSR count). The van der Waals surface area contributed by atoms with Gasteiger partial charge >= 0.3 is 0 Å². The first-order chi connectivity index (χ1) is 13.5. The quantitative estimate of drug-likeness (QED) is 0.760. The maximum Gasteiger partial charge on any atom is 0.277 e. The van der Waals surface area contributed by atoms with Gasteiger partial charge in [-0.05, 0) is 37.5 Å². The predicted octanol–water partition coefficient (Wildman–Crippen LogP) is 4.83. The first-order valence-corrected chi connectivity index (χ1v) is 10.1. The Morgan fingerprint density at radius 1 is 0.964 bits per heavy atom. The van der Waals surface area contributed by atoms with E-state index in [1.165, 1.54) is 6.42 Å². The molecule has 1 atom stereocenters. The van der Waals surface area contributed by atoms with Crippen molar-refractivity contribution in [1.82, 2.24) is 5.32 Å². The highest BCUT2D eigenvalue weighted by Crippen LogP contribution is 2.21. The lowest BCUT2D eigenvalue weighted by Crippen LogP contribution is -2.42. The molecular formula is C24H28N2O2. The fraction of sp³-hybridized carbons (Fsp3) is 0.375. The molecule has 1 aliphatic carbocycles. The zero-order chi connectivity index (χ0) is 19.9. The molecule has 28 heavy (non-hydrogen) atoms. The van der Waals surface area contributed by atoms with Crippen LogP contribution in [0.25, 0.3) is 0 Å². The van der Waals surface area contributed by atoms with Crippen molar-refractivity contribution < 1.29 is 9.59 Å². The van der Waals surface area contributed by atoms with Crippen molar-refractivity contribution in [3.8, 4) is 0 Å². The van der Waals surface area contributed by atoms with Crippen molar-refractivity contribution in [2.75, 3.05) is 0 Å². The highest BCUT2D eigenvalue weighted by Gasteiger charge is 2.25. The number of hydrogen-bond donors (Lipinski definition) is 1. The average molecular weight is 377 g/mol. The number of carbonyl (C=O) groups excluding carboxylic acids is 2. The summed E-state index contributed by atoms with van der Waals surface area (Å²) in [4.78, 5) is 30.0. The summed E-state index contributed by atoms with van der Waals surface area (Å²) in [6.45, 7) is 3.96. The van der Waals surface area contributed by atoms with Crippen LogP contribution in [-0.2, 0) is 4.79 Å². The molecular weight excluding hydrogens is 348 g/mol. The average Bonchev–Trinajstić information content (AvgIpc) is 2.73. The molecule has 146 valence electrons. The number of nitrogens with one attached hydrogen (secondary N) is 1. The summed E-state index contributed by atoms with van der Waals surface area (Å²) in [5.41, 5.74) is 2.90. The van der Waals surface area contributed by atoms with Gasteiger partial charge in [-0.15, -0.1) is 0 Å². The SMILES string of the molecule is Cc1ccc(C(C)C(=NC(=O)c2ccccc2)C(=O)NC2CCCCC2)cc1. The van der Waals surface area contributed by atoms with Gasteiger partial charge in [0, 0.05) is 17.5 Å². The first-order valence-electron chi connectivity index (χ1n) is 10.1. The van der Waals surface area contributed by atoms with Crippen LogP contribution in [0.2, 0.25) is 0 Å². The minimum absolute atomic E-state index is 0.170. The van der Waals surface area contributed by atoms with Gasteiger partial charge in [0.05, 0.1) is 0 Å². The fourth-order valence-corrected chi connectivity index (χ4v) is 3.62. The van der Waals surface area contributed by atoms with Gasteiger partial charge < -0.3 is 5.32 Å². The smallest absolute Gasteiger partial charge is 0.277 e.